The van der Waals surface area contributed by atoms with Gasteiger partial charge in [-0.25, -0.2) is 4.98 Å². The molecule has 0 aliphatic rings. The Bertz CT molecular complexity index is 777. The molecule has 0 spiro atoms. The van der Waals surface area contributed by atoms with E-state index in [1.807, 2.05) is 26.0 Å². The average Bonchev–Trinajstić information content (AvgIpc) is 3.04. The molecule has 0 aliphatic carbocycles. The lowest BCUT2D eigenvalue weighted by atomic mass is 10.2. The lowest BCUT2D eigenvalue weighted by Crippen LogP contribution is -1.99. The third kappa shape index (κ3) is 1.96. The lowest BCUT2D eigenvalue weighted by molar-refractivity contribution is 0.798. The van der Waals surface area contributed by atoms with Crippen LogP contribution in [0.1, 0.15) is 16.3 Å². The lowest BCUT2D eigenvalue weighted by Gasteiger charge is -2.02. The first-order chi connectivity index (χ1) is 9.70. The van der Waals surface area contributed by atoms with E-state index < -0.39 is 0 Å². The predicted molar refractivity (Wildman–Crippen MR) is 74.5 cm³/mol. The van der Waals surface area contributed by atoms with Crippen LogP contribution in [-0.2, 0) is 0 Å². The summed E-state index contributed by atoms with van der Waals surface area (Å²) < 4.78 is 1.60. The number of thiazole rings is 1. The van der Waals surface area contributed by atoms with Crippen LogP contribution in [-0.4, -0.2) is 25.0 Å². The summed E-state index contributed by atoms with van der Waals surface area (Å²) in [5.74, 6) is 0. The first kappa shape index (κ1) is 12.4. The maximum atomic E-state index is 9.20. The van der Waals surface area contributed by atoms with E-state index in [9.17, 15) is 5.26 Å². The Kier molecular flexibility index (Phi) is 3.00. The highest BCUT2D eigenvalue weighted by molar-refractivity contribution is 7.14. The van der Waals surface area contributed by atoms with E-state index in [-0.39, 0.29) is 5.69 Å². The third-order valence-corrected chi connectivity index (χ3v) is 3.96. The normalized spacial score (nSPS) is 10.4. The minimum absolute atomic E-state index is 0.267. The minimum Gasteiger partial charge on any atom is -0.264 e. The van der Waals surface area contributed by atoms with Gasteiger partial charge < -0.3 is 0 Å². The number of hydrogen-bond donors (Lipinski definition) is 0. The molecule has 0 saturated carbocycles. The van der Waals surface area contributed by atoms with Crippen LogP contribution < -0.4 is 0 Å². The summed E-state index contributed by atoms with van der Waals surface area (Å²) in [7, 11) is 0. The second-order valence-corrected chi connectivity index (χ2v) is 5.37. The van der Waals surface area contributed by atoms with Gasteiger partial charge in [-0.2, -0.15) is 9.94 Å². The van der Waals surface area contributed by atoms with Crippen LogP contribution >= 0.6 is 11.3 Å². The fourth-order valence-corrected chi connectivity index (χ4v) is 2.66. The van der Waals surface area contributed by atoms with E-state index in [0.717, 1.165) is 16.1 Å². The van der Waals surface area contributed by atoms with Crippen molar-refractivity contribution in [3.63, 3.8) is 0 Å². The van der Waals surface area contributed by atoms with Gasteiger partial charge in [0.25, 0.3) is 0 Å². The molecule has 0 radical (unpaired) electrons. The molecule has 0 N–H and O–H groups in total. The van der Waals surface area contributed by atoms with E-state index in [4.69, 9.17) is 0 Å². The predicted octanol–water partition coefficient (Wildman–Crippen LogP) is 2.27. The van der Waals surface area contributed by atoms with E-state index >= 15 is 0 Å². The van der Waals surface area contributed by atoms with Gasteiger partial charge in [0.05, 0.1) is 5.69 Å². The molecule has 0 bridgehead atoms. The zero-order valence-corrected chi connectivity index (χ0v) is 11.7. The zero-order chi connectivity index (χ0) is 14.1. The number of rotatable bonds is 2. The van der Waals surface area contributed by atoms with Gasteiger partial charge in [0.1, 0.15) is 11.8 Å². The average molecular weight is 282 g/mol. The largest absolute Gasteiger partial charge is 0.264 e. The maximum absolute atomic E-state index is 9.20. The smallest absolute Gasteiger partial charge is 0.212 e. The summed E-state index contributed by atoms with van der Waals surface area (Å²) in [6.45, 7) is 3.95. The van der Waals surface area contributed by atoms with Gasteiger partial charge in [-0.1, -0.05) is 16.6 Å². The van der Waals surface area contributed by atoms with Crippen LogP contribution in [0.3, 0.4) is 0 Å². The van der Waals surface area contributed by atoms with Crippen molar-refractivity contribution in [3.05, 3.63) is 40.8 Å². The number of nitrogens with zero attached hydrogens (tertiary/aromatic N) is 6. The van der Waals surface area contributed by atoms with Crippen LogP contribution in [0.4, 0.5) is 0 Å². The van der Waals surface area contributed by atoms with Crippen LogP contribution in [0.15, 0.2) is 24.5 Å². The van der Waals surface area contributed by atoms with Gasteiger partial charge in [0.15, 0.2) is 5.69 Å². The summed E-state index contributed by atoms with van der Waals surface area (Å²) in [5.41, 5.74) is 2.63. The fourth-order valence-electron chi connectivity index (χ4n) is 1.80. The zero-order valence-electron chi connectivity index (χ0n) is 10.9. The Labute approximate surface area is 119 Å². The van der Waals surface area contributed by atoms with E-state index in [1.54, 1.807) is 17.1 Å². The van der Waals surface area contributed by atoms with Gasteiger partial charge in [0, 0.05) is 22.8 Å². The molecule has 98 valence electrons. The molecule has 0 aliphatic heterocycles. The molecule has 0 saturated heterocycles. The van der Waals surface area contributed by atoms with Gasteiger partial charge in [-0.3, -0.25) is 4.98 Å². The van der Waals surface area contributed by atoms with Gasteiger partial charge in [0.2, 0.25) is 5.13 Å². The number of aryl methyl sites for hydroxylation is 2. The van der Waals surface area contributed by atoms with E-state index in [2.05, 4.69) is 26.3 Å². The quantitative estimate of drug-likeness (QED) is 0.720. The molecule has 7 heteroatoms. The molecule has 0 aromatic carbocycles. The molecular formula is C13H10N6S. The van der Waals surface area contributed by atoms with Crippen molar-refractivity contribution >= 4 is 11.3 Å². The van der Waals surface area contributed by atoms with Crippen LogP contribution in [0, 0.1) is 25.2 Å². The Balaban J connectivity index is 2.23. The third-order valence-electron chi connectivity index (χ3n) is 2.91. The number of pyridine rings is 1. The SMILES string of the molecule is Cc1nc(-n2nnc(C#N)c2-c2cccnc2)sc1C. The Morgan fingerprint density at radius 3 is 2.80 bits per heavy atom. The molecule has 0 atom stereocenters. The van der Waals surface area contributed by atoms with Crippen LogP contribution in [0.25, 0.3) is 16.4 Å². The molecule has 6 nitrogen and oxygen atoms in total. The first-order valence-electron chi connectivity index (χ1n) is 5.91. The number of hydrogen-bond acceptors (Lipinski definition) is 6. The Morgan fingerprint density at radius 1 is 1.35 bits per heavy atom. The van der Waals surface area contributed by atoms with Crippen molar-refractivity contribution in [2.45, 2.75) is 13.8 Å². The highest BCUT2D eigenvalue weighted by atomic mass is 32.1. The summed E-state index contributed by atoms with van der Waals surface area (Å²) in [5, 5.41) is 17.9. The molecule has 20 heavy (non-hydrogen) atoms. The highest BCUT2D eigenvalue weighted by Gasteiger charge is 2.18. The van der Waals surface area contributed by atoms with Crippen LogP contribution in [0.2, 0.25) is 0 Å². The minimum atomic E-state index is 0.267. The number of aromatic nitrogens is 5. The van der Waals surface area contributed by atoms with Crippen molar-refractivity contribution in [1.29, 1.82) is 5.26 Å². The second kappa shape index (κ2) is 4.83. The molecule has 0 amide bonds. The topological polar surface area (TPSA) is 80.3 Å². The molecule has 0 unspecified atom stereocenters. The first-order valence-corrected chi connectivity index (χ1v) is 6.73. The van der Waals surface area contributed by atoms with E-state index in [0.29, 0.717) is 10.8 Å². The van der Waals surface area contributed by atoms with Gasteiger partial charge in [-0.15, -0.1) is 5.10 Å². The van der Waals surface area contributed by atoms with Gasteiger partial charge >= 0.3 is 0 Å². The summed E-state index contributed by atoms with van der Waals surface area (Å²) in [4.78, 5) is 9.66. The summed E-state index contributed by atoms with van der Waals surface area (Å²) in [6, 6.07) is 5.74. The Hall–Kier alpha value is -2.59. The highest BCUT2D eigenvalue weighted by Crippen LogP contribution is 2.27. The second-order valence-electron chi connectivity index (χ2n) is 4.19. The molecule has 3 rings (SSSR count). The Morgan fingerprint density at radius 2 is 2.20 bits per heavy atom. The maximum Gasteiger partial charge on any atom is 0.212 e. The van der Waals surface area contributed by atoms with E-state index in [1.165, 1.54) is 11.3 Å². The van der Waals surface area contributed by atoms with Crippen molar-refractivity contribution in [3.8, 4) is 22.5 Å². The number of nitriles is 1. The standard InChI is InChI=1S/C13H10N6S/c1-8-9(2)20-13(16-8)19-12(11(6-14)17-18-19)10-4-3-5-15-7-10/h3-5,7H,1-2H3. The molecule has 3 heterocycles. The summed E-state index contributed by atoms with van der Waals surface area (Å²) in [6.07, 6.45) is 3.37. The molecule has 0 fully saturated rings. The van der Waals surface area contributed by atoms with Crippen molar-refractivity contribution < 1.29 is 0 Å². The molecule has 3 aromatic rings. The van der Waals surface area contributed by atoms with Crippen molar-refractivity contribution in [1.82, 2.24) is 25.0 Å². The van der Waals surface area contributed by atoms with Crippen LogP contribution in [0.5, 0.6) is 0 Å². The summed E-state index contributed by atoms with van der Waals surface area (Å²) >= 11 is 1.52. The molecular weight excluding hydrogens is 272 g/mol. The van der Waals surface area contributed by atoms with Crippen molar-refractivity contribution in [2.75, 3.05) is 0 Å². The van der Waals surface area contributed by atoms with Crippen molar-refractivity contribution in [2.24, 2.45) is 0 Å². The fraction of sp³-hybridized carbons (Fsp3) is 0.154. The van der Waals surface area contributed by atoms with Gasteiger partial charge in [-0.05, 0) is 26.0 Å². The monoisotopic (exact) mass is 282 g/mol. The molecule has 3 aromatic heterocycles.